The Labute approximate surface area is 180 Å². The Morgan fingerprint density at radius 1 is 1.13 bits per heavy atom. The molecular formula is C22H16ClFN6O. The molecule has 7 nitrogen and oxygen atoms in total. The maximum absolute atomic E-state index is 14.6. The van der Waals surface area contributed by atoms with Crippen molar-refractivity contribution in [2.24, 2.45) is 0 Å². The van der Waals surface area contributed by atoms with Crippen LogP contribution in [0.15, 0.2) is 66.0 Å². The van der Waals surface area contributed by atoms with Crippen molar-refractivity contribution in [2.45, 2.75) is 13.0 Å². The van der Waals surface area contributed by atoms with Gasteiger partial charge in [0.2, 0.25) is 0 Å². The van der Waals surface area contributed by atoms with Gasteiger partial charge in [0.15, 0.2) is 11.5 Å². The predicted molar refractivity (Wildman–Crippen MR) is 118 cm³/mol. The molecule has 3 aromatic heterocycles. The van der Waals surface area contributed by atoms with Gasteiger partial charge in [0.1, 0.15) is 17.7 Å². The second-order valence-corrected chi connectivity index (χ2v) is 7.52. The molecule has 0 saturated heterocycles. The summed E-state index contributed by atoms with van der Waals surface area (Å²) in [6.45, 7) is 1.89. The Balaban J connectivity index is 1.72. The third kappa shape index (κ3) is 3.30. The SMILES string of the molecule is C[C@@H](Nc1ncnc2nc[nH]c12)c1cc2cccc(F)c2c(=O)n1-c1cccc(Cl)c1. The lowest BCUT2D eigenvalue weighted by molar-refractivity contribution is 0.637. The third-order valence-corrected chi connectivity index (χ3v) is 5.35. The number of imidazole rings is 1. The molecule has 1 atom stereocenters. The van der Waals surface area contributed by atoms with Gasteiger partial charge in [-0.2, -0.15) is 0 Å². The number of hydrogen-bond donors (Lipinski definition) is 2. The highest BCUT2D eigenvalue weighted by atomic mass is 35.5. The number of H-pyrrole nitrogens is 1. The van der Waals surface area contributed by atoms with E-state index in [0.717, 1.165) is 0 Å². The molecule has 2 aromatic carbocycles. The molecule has 5 aromatic rings. The van der Waals surface area contributed by atoms with Crippen molar-refractivity contribution in [3.63, 3.8) is 0 Å². The lowest BCUT2D eigenvalue weighted by atomic mass is 10.1. The van der Waals surface area contributed by atoms with Gasteiger partial charge in [-0.15, -0.1) is 0 Å². The second-order valence-electron chi connectivity index (χ2n) is 7.08. The maximum Gasteiger partial charge on any atom is 0.266 e. The molecule has 0 amide bonds. The van der Waals surface area contributed by atoms with Crippen LogP contribution in [0.4, 0.5) is 10.2 Å². The Hall–Kier alpha value is -3.78. The quantitative estimate of drug-likeness (QED) is 0.431. The summed E-state index contributed by atoms with van der Waals surface area (Å²) in [4.78, 5) is 29.0. The monoisotopic (exact) mass is 434 g/mol. The van der Waals surface area contributed by atoms with Crippen LogP contribution in [0.1, 0.15) is 18.7 Å². The number of aromatic nitrogens is 5. The predicted octanol–water partition coefficient (Wildman–Crippen LogP) is 4.62. The first-order valence-electron chi connectivity index (χ1n) is 9.53. The van der Waals surface area contributed by atoms with Crippen LogP contribution in [-0.4, -0.2) is 24.5 Å². The highest BCUT2D eigenvalue weighted by Gasteiger charge is 2.19. The van der Waals surface area contributed by atoms with E-state index in [1.165, 1.54) is 23.3 Å². The van der Waals surface area contributed by atoms with E-state index in [0.29, 0.717) is 38.8 Å². The van der Waals surface area contributed by atoms with Gasteiger partial charge >= 0.3 is 0 Å². The zero-order chi connectivity index (χ0) is 21.5. The number of benzene rings is 2. The normalized spacial score (nSPS) is 12.4. The second kappa shape index (κ2) is 7.48. The van der Waals surface area contributed by atoms with Crippen molar-refractivity contribution in [2.75, 3.05) is 5.32 Å². The van der Waals surface area contributed by atoms with E-state index >= 15 is 0 Å². The van der Waals surface area contributed by atoms with Crippen molar-refractivity contribution in [3.8, 4) is 5.69 Å². The van der Waals surface area contributed by atoms with E-state index in [1.807, 2.05) is 6.92 Å². The van der Waals surface area contributed by atoms with Crippen molar-refractivity contribution >= 4 is 39.4 Å². The fourth-order valence-corrected chi connectivity index (χ4v) is 3.88. The number of halogens is 2. The standard InChI is InChI=1S/C22H16ClFN6O/c1-12(29-21-19-20(26-10-25-19)27-11-28-21)17-8-13-4-2-7-16(24)18(13)22(31)30(17)15-6-3-5-14(23)9-15/h2-12H,1H3,(H2,25,26,27,28,29)/t12-/m1/s1. The van der Waals surface area contributed by atoms with Crippen LogP contribution in [0.5, 0.6) is 0 Å². The summed E-state index contributed by atoms with van der Waals surface area (Å²) in [6, 6.07) is 12.9. The number of anilines is 1. The lowest BCUT2D eigenvalue weighted by Gasteiger charge is -2.21. The minimum Gasteiger partial charge on any atom is -0.360 e. The van der Waals surface area contributed by atoms with E-state index in [-0.39, 0.29) is 11.4 Å². The molecule has 5 rings (SSSR count). The van der Waals surface area contributed by atoms with Crippen LogP contribution in [0.2, 0.25) is 5.02 Å². The average Bonchev–Trinajstić information content (AvgIpc) is 3.23. The topological polar surface area (TPSA) is 88.5 Å². The van der Waals surface area contributed by atoms with E-state index in [2.05, 4.69) is 25.3 Å². The summed E-state index contributed by atoms with van der Waals surface area (Å²) < 4.78 is 16.0. The van der Waals surface area contributed by atoms with E-state index in [9.17, 15) is 9.18 Å². The third-order valence-electron chi connectivity index (χ3n) is 5.11. The molecule has 3 heterocycles. The van der Waals surface area contributed by atoms with Crippen LogP contribution in [-0.2, 0) is 0 Å². The minimum atomic E-state index is -0.569. The van der Waals surface area contributed by atoms with Crippen LogP contribution < -0.4 is 10.9 Å². The summed E-state index contributed by atoms with van der Waals surface area (Å²) in [5.41, 5.74) is 1.88. The average molecular weight is 435 g/mol. The van der Waals surface area contributed by atoms with Gasteiger partial charge in [0, 0.05) is 10.7 Å². The molecule has 0 bridgehead atoms. The maximum atomic E-state index is 14.6. The highest BCUT2D eigenvalue weighted by molar-refractivity contribution is 6.30. The number of fused-ring (bicyclic) bond motifs is 2. The zero-order valence-corrected chi connectivity index (χ0v) is 17.1. The van der Waals surface area contributed by atoms with Crippen LogP contribution in [0.25, 0.3) is 27.6 Å². The number of hydrogen-bond acceptors (Lipinski definition) is 5. The fraction of sp³-hybridized carbons (Fsp3) is 0.0909. The van der Waals surface area contributed by atoms with Crippen LogP contribution in [0, 0.1) is 5.82 Å². The molecule has 0 spiro atoms. The first-order chi connectivity index (χ1) is 15.0. The Morgan fingerprint density at radius 3 is 2.81 bits per heavy atom. The Kier molecular flexibility index (Phi) is 4.63. The van der Waals surface area contributed by atoms with Gasteiger partial charge in [-0.05, 0) is 42.6 Å². The Bertz CT molecular complexity index is 1490. The van der Waals surface area contributed by atoms with Gasteiger partial charge in [0.05, 0.1) is 23.4 Å². The molecule has 154 valence electrons. The number of nitrogens with one attached hydrogen (secondary N) is 2. The van der Waals surface area contributed by atoms with E-state index in [4.69, 9.17) is 11.6 Å². The molecule has 0 radical (unpaired) electrons. The fourth-order valence-electron chi connectivity index (χ4n) is 3.69. The van der Waals surface area contributed by atoms with Crippen molar-refractivity contribution in [1.82, 2.24) is 24.5 Å². The molecule has 0 unspecified atom stereocenters. The summed E-state index contributed by atoms with van der Waals surface area (Å²) in [7, 11) is 0. The number of pyridine rings is 1. The summed E-state index contributed by atoms with van der Waals surface area (Å²) >= 11 is 6.18. The van der Waals surface area contributed by atoms with Crippen LogP contribution >= 0.6 is 11.6 Å². The van der Waals surface area contributed by atoms with Crippen molar-refractivity contribution in [1.29, 1.82) is 0 Å². The van der Waals surface area contributed by atoms with Crippen molar-refractivity contribution in [3.05, 3.63) is 88.1 Å². The van der Waals surface area contributed by atoms with Gasteiger partial charge < -0.3 is 10.3 Å². The molecule has 0 aliphatic heterocycles. The number of rotatable bonds is 4. The van der Waals surface area contributed by atoms with Gasteiger partial charge in [-0.1, -0.05) is 29.8 Å². The molecule has 31 heavy (non-hydrogen) atoms. The molecule has 0 aliphatic carbocycles. The first kappa shape index (κ1) is 19.2. The van der Waals surface area contributed by atoms with E-state index < -0.39 is 11.4 Å². The summed E-state index contributed by atoms with van der Waals surface area (Å²) in [5.74, 6) is -0.0279. The molecule has 0 aliphatic rings. The molecular weight excluding hydrogens is 419 g/mol. The van der Waals surface area contributed by atoms with Gasteiger partial charge in [-0.25, -0.2) is 19.3 Å². The lowest BCUT2D eigenvalue weighted by Crippen LogP contribution is -2.26. The molecule has 9 heteroatoms. The smallest absolute Gasteiger partial charge is 0.266 e. The minimum absolute atomic E-state index is 0.0245. The summed E-state index contributed by atoms with van der Waals surface area (Å²) in [6.07, 6.45) is 2.95. The van der Waals surface area contributed by atoms with Gasteiger partial charge in [-0.3, -0.25) is 9.36 Å². The van der Waals surface area contributed by atoms with Crippen molar-refractivity contribution < 1.29 is 4.39 Å². The largest absolute Gasteiger partial charge is 0.360 e. The highest BCUT2D eigenvalue weighted by Crippen LogP contribution is 2.27. The summed E-state index contributed by atoms with van der Waals surface area (Å²) in [5, 5.41) is 4.32. The molecule has 0 saturated carbocycles. The Morgan fingerprint density at radius 2 is 1.97 bits per heavy atom. The van der Waals surface area contributed by atoms with Crippen LogP contribution in [0.3, 0.4) is 0 Å². The van der Waals surface area contributed by atoms with Gasteiger partial charge in [0.25, 0.3) is 5.56 Å². The number of aromatic amines is 1. The molecule has 2 N–H and O–H groups in total. The zero-order valence-electron chi connectivity index (χ0n) is 16.3. The number of nitrogens with zero attached hydrogens (tertiary/aromatic N) is 4. The first-order valence-corrected chi connectivity index (χ1v) is 9.91. The van der Waals surface area contributed by atoms with E-state index in [1.54, 1.807) is 42.5 Å². The molecule has 0 fully saturated rings.